The third-order valence-corrected chi connectivity index (χ3v) is 1.56. The van der Waals surface area contributed by atoms with Crippen LogP contribution in [0.15, 0.2) is 30.3 Å². The van der Waals surface area contributed by atoms with Gasteiger partial charge in [0, 0.05) is 0 Å². The van der Waals surface area contributed by atoms with Crippen LogP contribution in [0.4, 0.5) is 0 Å². The number of rotatable bonds is 1. The summed E-state index contributed by atoms with van der Waals surface area (Å²) in [6.07, 6.45) is 0. The van der Waals surface area contributed by atoms with E-state index in [2.05, 4.69) is 12.6 Å². The van der Waals surface area contributed by atoms with Crippen molar-refractivity contribution >= 4 is 29.0 Å². The predicted octanol–water partition coefficient (Wildman–Crippen LogP) is 2.33. The lowest BCUT2D eigenvalue weighted by atomic mass is 10.2. The Hall–Kier alpha value is -1.36. The van der Waals surface area contributed by atoms with E-state index in [4.69, 9.17) is 22.7 Å². The summed E-state index contributed by atoms with van der Waals surface area (Å²) in [5.41, 5.74) is 1.01. The van der Waals surface area contributed by atoms with Crippen molar-refractivity contribution in [3.05, 3.63) is 35.9 Å². The van der Waals surface area contributed by atoms with E-state index in [9.17, 15) is 0 Å². The molecule has 0 bridgehead atoms. The standard InChI is InChI=1S/C7H6S2.C2N2/c8-7(9)6-4-2-1-3-5-6;3-1-2-4/h1-5H,(H,8,9);. The number of benzene rings is 1. The maximum atomic E-state index is 7.26. The van der Waals surface area contributed by atoms with Crippen LogP contribution in [0.25, 0.3) is 0 Å². The minimum atomic E-state index is 0.649. The highest BCUT2D eigenvalue weighted by Crippen LogP contribution is 2.02. The number of nitrogens with zero attached hydrogens (tertiary/aromatic N) is 2. The van der Waals surface area contributed by atoms with Crippen LogP contribution in [0.3, 0.4) is 0 Å². The summed E-state index contributed by atoms with van der Waals surface area (Å²) < 4.78 is 0.649. The molecule has 0 amide bonds. The van der Waals surface area contributed by atoms with Gasteiger partial charge in [-0.2, -0.15) is 10.5 Å². The van der Waals surface area contributed by atoms with Gasteiger partial charge < -0.3 is 0 Å². The molecular weight excluding hydrogens is 200 g/mol. The van der Waals surface area contributed by atoms with E-state index in [1.54, 1.807) is 0 Å². The maximum Gasteiger partial charge on any atom is 0.181 e. The monoisotopic (exact) mass is 206 g/mol. The van der Waals surface area contributed by atoms with Gasteiger partial charge in [0.05, 0.1) is 4.20 Å². The Morgan fingerprint density at radius 2 is 1.62 bits per heavy atom. The molecule has 0 aliphatic rings. The Morgan fingerprint density at radius 1 is 1.15 bits per heavy atom. The van der Waals surface area contributed by atoms with Crippen molar-refractivity contribution in [2.45, 2.75) is 0 Å². The van der Waals surface area contributed by atoms with Gasteiger partial charge >= 0.3 is 0 Å². The van der Waals surface area contributed by atoms with Gasteiger partial charge in [0.1, 0.15) is 0 Å². The van der Waals surface area contributed by atoms with Crippen LogP contribution in [0.1, 0.15) is 5.56 Å². The molecule has 0 spiro atoms. The molecule has 1 aromatic carbocycles. The van der Waals surface area contributed by atoms with Gasteiger partial charge in [-0.3, -0.25) is 0 Å². The van der Waals surface area contributed by atoms with E-state index in [0.29, 0.717) is 4.20 Å². The van der Waals surface area contributed by atoms with E-state index in [1.807, 2.05) is 30.3 Å². The van der Waals surface area contributed by atoms with Gasteiger partial charge in [0.2, 0.25) is 0 Å². The van der Waals surface area contributed by atoms with Crippen molar-refractivity contribution in [1.82, 2.24) is 0 Å². The highest BCUT2D eigenvalue weighted by atomic mass is 32.1. The highest BCUT2D eigenvalue weighted by molar-refractivity contribution is 8.11. The predicted molar refractivity (Wildman–Crippen MR) is 58.4 cm³/mol. The summed E-state index contributed by atoms with van der Waals surface area (Å²) >= 11 is 8.85. The van der Waals surface area contributed by atoms with Crippen molar-refractivity contribution < 1.29 is 0 Å². The summed E-state index contributed by atoms with van der Waals surface area (Å²) in [6.45, 7) is 0. The minimum Gasteiger partial charge on any atom is -0.181 e. The van der Waals surface area contributed by atoms with Crippen LogP contribution in [0, 0.1) is 22.7 Å². The summed E-state index contributed by atoms with van der Waals surface area (Å²) in [5.74, 6) is 0. The first-order chi connectivity index (χ1) is 6.22. The molecule has 13 heavy (non-hydrogen) atoms. The average molecular weight is 206 g/mol. The van der Waals surface area contributed by atoms with Crippen LogP contribution in [0.2, 0.25) is 0 Å². The second kappa shape index (κ2) is 7.30. The second-order valence-corrected chi connectivity index (χ2v) is 3.05. The van der Waals surface area contributed by atoms with E-state index in [-0.39, 0.29) is 0 Å². The molecule has 0 N–H and O–H groups in total. The first kappa shape index (κ1) is 11.6. The zero-order valence-corrected chi connectivity index (χ0v) is 8.35. The SMILES string of the molecule is N#CC#N.S=C(S)c1ccccc1. The molecular formula is C9H6N2S2. The molecule has 0 saturated heterocycles. The van der Waals surface area contributed by atoms with Gasteiger partial charge in [-0.15, -0.1) is 12.6 Å². The number of thiol groups is 1. The normalized spacial score (nSPS) is 7.00. The van der Waals surface area contributed by atoms with Crippen molar-refractivity contribution in [2.24, 2.45) is 0 Å². The number of thiocarbonyl (C=S) groups is 1. The largest absolute Gasteiger partial charge is 0.181 e. The molecule has 0 aliphatic carbocycles. The fourth-order valence-corrected chi connectivity index (χ4v) is 0.866. The van der Waals surface area contributed by atoms with E-state index >= 15 is 0 Å². The molecule has 64 valence electrons. The Kier molecular flexibility index (Phi) is 6.53. The number of hydrogen-bond donors (Lipinski definition) is 1. The van der Waals surface area contributed by atoms with Gasteiger partial charge in [-0.25, -0.2) is 0 Å². The fraction of sp³-hybridized carbons (Fsp3) is 0. The summed E-state index contributed by atoms with van der Waals surface area (Å²) in [4.78, 5) is 0. The van der Waals surface area contributed by atoms with Crippen LogP contribution in [0.5, 0.6) is 0 Å². The average Bonchev–Trinajstić information content (AvgIpc) is 2.19. The van der Waals surface area contributed by atoms with Crippen molar-refractivity contribution in [3.8, 4) is 12.1 Å². The van der Waals surface area contributed by atoms with Crippen LogP contribution in [-0.4, -0.2) is 4.20 Å². The lowest BCUT2D eigenvalue weighted by molar-refractivity contribution is 1.49. The summed E-state index contributed by atoms with van der Waals surface area (Å²) in [7, 11) is 0. The number of hydrogen-bond acceptors (Lipinski definition) is 3. The van der Waals surface area contributed by atoms with Crippen molar-refractivity contribution in [3.63, 3.8) is 0 Å². The molecule has 0 aromatic heterocycles. The number of nitriles is 2. The third kappa shape index (κ3) is 5.86. The van der Waals surface area contributed by atoms with Gasteiger partial charge in [-0.1, -0.05) is 42.5 Å². The van der Waals surface area contributed by atoms with Crippen LogP contribution >= 0.6 is 24.8 Å². The van der Waals surface area contributed by atoms with Gasteiger partial charge in [-0.05, 0) is 5.56 Å². The first-order valence-corrected chi connectivity index (χ1v) is 4.14. The van der Waals surface area contributed by atoms with Gasteiger partial charge in [0.15, 0.2) is 12.1 Å². The summed E-state index contributed by atoms with van der Waals surface area (Å²) in [6, 6.07) is 12.2. The van der Waals surface area contributed by atoms with Crippen molar-refractivity contribution in [1.29, 1.82) is 10.5 Å². The minimum absolute atomic E-state index is 0.649. The topological polar surface area (TPSA) is 47.6 Å². The van der Waals surface area contributed by atoms with Gasteiger partial charge in [0.25, 0.3) is 0 Å². The first-order valence-electron chi connectivity index (χ1n) is 3.29. The zero-order valence-electron chi connectivity index (χ0n) is 6.64. The zero-order chi connectivity index (χ0) is 10.1. The lowest BCUT2D eigenvalue weighted by Crippen LogP contribution is -1.83. The molecule has 0 unspecified atom stereocenters. The quantitative estimate of drug-likeness (QED) is 0.566. The molecule has 0 radical (unpaired) electrons. The van der Waals surface area contributed by atoms with E-state index < -0.39 is 0 Å². The molecule has 0 aliphatic heterocycles. The van der Waals surface area contributed by atoms with E-state index in [0.717, 1.165) is 5.56 Å². The molecule has 1 rings (SSSR count). The van der Waals surface area contributed by atoms with Crippen molar-refractivity contribution in [2.75, 3.05) is 0 Å². The van der Waals surface area contributed by atoms with E-state index in [1.165, 1.54) is 12.1 Å². The molecule has 0 atom stereocenters. The Balaban J connectivity index is 0.000000310. The molecule has 0 saturated carbocycles. The Morgan fingerprint density at radius 3 is 1.85 bits per heavy atom. The van der Waals surface area contributed by atoms with Crippen LogP contribution < -0.4 is 0 Å². The molecule has 0 heterocycles. The fourth-order valence-electron chi connectivity index (χ4n) is 0.581. The molecule has 0 fully saturated rings. The summed E-state index contributed by atoms with van der Waals surface area (Å²) in [5, 5.41) is 14.5. The lowest BCUT2D eigenvalue weighted by Gasteiger charge is -1.91. The second-order valence-electron chi connectivity index (χ2n) is 1.89. The maximum absolute atomic E-state index is 7.26. The molecule has 1 aromatic rings. The smallest absolute Gasteiger partial charge is 0.181 e. The Bertz CT molecular complexity index is 334. The molecule has 2 nitrogen and oxygen atoms in total. The highest BCUT2D eigenvalue weighted by Gasteiger charge is 1.89. The molecule has 4 heteroatoms. The Labute approximate surface area is 87.8 Å². The van der Waals surface area contributed by atoms with Crippen LogP contribution in [-0.2, 0) is 0 Å². The third-order valence-electron chi connectivity index (χ3n) is 1.07.